The Morgan fingerprint density at radius 1 is 1.07 bits per heavy atom. The molecule has 1 aliphatic rings. The Bertz CT molecular complexity index is 1740. The third-order valence-electron chi connectivity index (χ3n) is 8.38. The lowest BCUT2D eigenvalue weighted by Crippen LogP contribution is -2.40. The van der Waals surface area contributed by atoms with E-state index in [1.165, 1.54) is 0 Å². The summed E-state index contributed by atoms with van der Waals surface area (Å²) in [5.74, 6) is -4.76. The second kappa shape index (κ2) is 12.1. The number of anilines is 2. The van der Waals surface area contributed by atoms with Crippen molar-refractivity contribution in [2.45, 2.75) is 50.1 Å². The Morgan fingerprint density at radius 3 is 2.48 bits per heavy atom. The van der Waals surface area contributed by atoms with Crippen molar-refractivity contribution in [1.82, 2.24) is 9.55 Å². The van der Waals surface area contributed by atoms with Crippen LogP contribution < -0.4 is 9.62 Å². The summed E-state index contributed by atoms with van der Waals surface area (Å²) in [5.41, 5.74) is 2.99. The first-order valence-electron chi connectivity index (χ1n) is 14.1. The molecule has 0 bridgehead atoms. The fourth-order valence-electron chi connectivity index (χ4n) is 6.05. The SMILES string of the molecule is Cc1cc([C@H]2CCC[C@@H](C(=O)Nc3ccc(C(F)(F)F)cc3F)[C@@H]2C(=O)O)ccc1N(C)Sc1ccc2c(c1)nc(C)n2C. The number of hydrogen-bond donors (Lipinski definition) is 2. The van der Waals surface area contributed by atoms with Crippen LogP contribution >= 0.6 is 11.9 Å². The number of fused-ring (bicyclic) bond motifs is 1. The van der Waals surface area contributed by atoms with Crippen LogP contribution in [0.5, 0.6) is 0 Å². The highest BCUT2D eigenvalue weighted by Gasteiger charge is 2.43. The van der Waals surface area contributed by atoms with E-state index in [0.717, 1.165) is 44.6 Å². The van der Waals surface area contributed by atoms with Crippen molar-refractivity contribution < 1.29 is 32.3 Å². The van der Waals surface area contributed by atoms with E-state index in [2.05, 4.69) is 10.3 Å². The molecule has 232 valence electrons. The lowest BCUT2D eigenvalue weighted by atomic mass is 9.68. The largest absolute Gasteiger partial charge is 0.481 e. The third-order valence-corrected chi connectivity index (χ3v) is 9.32. The molecule has 0 saturated heterocycles. The lowest BCUT2D eigenvalue weighted by molar-refractivity contribution is -0.148. The van der Waals surface area contributed by atoms with Crippen molar-refractivity contribution in [1.29, 1.82) is 0 Å². The number of carboxylic acid groups (broad SMARTS) is 1. The first kappa shape index (κ1) is 31.4. The molecule has 0 unspecified atom stereocenters. The molecule has 1 aliphatic carbocycles. The van der Waals surface area contributed by atoms with E-state index in [0.29, 0.717) is 25.0 Å². The lowest BCUT2D eigenvalue weighted by Gasteiger charge is -2.35. The standard InChI is InChI=1S/C32H32F4N4O3S/c1-17-14-19(8-12-27(17)40(4)44-21-10-13-28-26(16-21)37-18(2)39(28)3)22-6-5-7-23(29(22)31(42)43)30(41)38-25-11-9-20(15-24(25)33)32(34,35)36/h8-16,22-23,29H,5-7H2,1-4H3,(H,38,41)(H,42,43)/t22-,23-,29-/m1/s1. The fourth-order valence-corrected chi connectivity index (χ4v) is 6.97. The molecule has 1 fully saturated rings. The van der Waals surface area contributed by atoms with E-state index in [9.17, 15) is 32.3 Å². The molecule has 5 rings (SSSR count). The number of aromatic nitrogens is 2. The fraction of sp³-hybridized carbons (Fsp3) is 0.344. The summed E-state index contributed by atoms with van der Waals surface area (Å²) in [4.78, 5) is 31.3. The minimum absolute atomic E-state index is 0.262. The van der Waals surface area contributed by atoms with Crippen LogP contribution in [-0.2, 0) is 22.8 Å². The molecule has 1 heterocycles. The van der Waals surface area contributed by atoms with E-state index in [4.69, 9.17) is 0 Å². The first-order valence-corrected chi connectivity index (χ1v) is 14.9. The second-order valence-electron chi connectivity index (χ2n) is 11.2. The number of alkyl halides is 3. The van der Waals surface area contributed by atoms with Crippen LogP contribution in [0, 0.1) is 31.5 Å². The van der Waals surface area contributed by atoms with Gasteiger partial charge in [-0.3, -0.25) is 9.59 Å². The van der Waals surface area contributed by atoms with Crippen LogP contribution in [0.25, 0.3) is 11.0 Å². The Morgan fingerprint density at radius 2 is 1.82 bits per heavy atom. The van der Waals surface area contributed by atoms with Crippen molar-refractivity contribution in [3.63, 3.8) is 0 Å². The minimum atomic E-state index is -4.73. The summed E-state index contributed by atoms with van der Waals surface area (Å²) in [6.45, 7) is 3.90. The molecule has 7 nitrogen and oxygen atoms in total. The minimum Gasteiger partial charge on any atom is -0.481 e. The zero-order valence-electron chi connectivity index (χ0n) is 24.6. The number of carbonyl (C=O) groups excluding carboxylic acids is 1. The summed E-state index contributed by atoms with van der Waals surface area (Å²) >= 11 is 1.54. The summed E-state index contributed by atoms with van der Waals surface area (Å²) in [6.07, 6.45) is -3.36. The van der Waals surface area contributed by atoms with Gasteiger partial charge in [-0.2, -0.15) is 13.2 Å². The number of carboxylic acids is 1. The third kappa shape index (κ3) is 6.26. The normalized spacial score (nSPS) is 18.8. The van der Waals surface area contributed by atoms with E-state index in [-0.39, 0.29) is 6.42 Å². The molecule has 0 radical (unpaired) electrons. The zero-order chi connectivity index (χ0) is 31.9. The van der Waals surface area contributed by atoms with Crippen LogP contribution in [0.3, 0.4) is 0 Å². The van der Waals surface area contributed by atoms with Gasteiger partial charge in [-0.15, -0.1) is 0 Å². The Hall–Kier alpha value is -4.06. The van der Waals surface area contributed by atoms with Gasteiger partial charge in [0.25, 0.3) is 0 Å². The van der Waals surface area contributed by atoms with Crippen molar-refractivity contribution in [2.75, 3.05) is 16.7 Å². The average Bonchev–Trinajstić information content (AvgIpc) is 3.24. The van der Waals surface area contributed by atoms with Gasteiger partial charge >= 0.3 is 12.1 Å². The number of halogens is 4. The van der Waals surface area contributed by atoms with Crippen molar-refractivity contribution >= 4 is 46.2 Å². The smallest absolute Gasteiger partial charge is 0.416 e. The predicted molar refractivity (Wildman–Crippen MR) is 162 cm³/mol. The molecular weight excluding hydrogens is 596 g/mol. The Balaban J connectivity index is 1.33. The molecule has 12 heteroatoms. The van der Waals surface area contributed by atoms with Crippen LogP contribution in [0.1, 0.15) is 47.7 Å². The highest BCUT2D eigenvalue weighted by atomic mass is 32.2. The number of benzene rings is 3. The number of nitrogens with one attached hydrogen (secondary N) is 1. The van der Waals surface area contributed by atoms with E-state index in [1.54, 1.807) is 11.9 Å². The molecule has 0 spiro atoms. The summed E-state index contributed by atoms with van der Waals surface area (Å²) in [5, 5.41) is 12.5. The van der Waals surface area contributed by atoms with Crippen LogP contribution in [-0.4, -0.2) is 33.6 Å². The van der Waals surface area contributed by atoms with Gasteiger partial charge in [-0.1, -0.05) is 18.6 Å². The Kier molecular flexibility index (Phi) is 8.66. The topological polar surface area (TPSA) is 87.5 Å². The molecule has 2 N–H and O–H groups in total. The number of aliphatic carboxylic acids is 1. The number of rotatable bonds is 7. The van der Waals surface area contributed by atoms with Gasteiger partial charge in [0.05, 0.1) is 34.1 Å². The van der Waals surface area contributed by atoms with E-state index < -0.39 is 52.9 Å². The zero-order valence-corrected chi connectivity index (χ0v) is 25.4. The first-order chi connectivity index (χ1) is 20.7. The molecule has 1 amide bonds. The summed E-state index contributed by atoms with van der Waals surface area (Å²) < 4.78 is 57.3. The van der Waals surface area contributed by atoms with Crippen LogP contribution in [0.2, 0.25) is 0 Å². The van der Waals surface area contributed by atoms with Crippen molar-refractivity contribution in [3.8, 4) is 0 Å². The maximum Gasteiger partial charge on any atom is 0.416 e. The monoisotopic (exact) mass is 628 g/mol. The number of carbonyl (C=O) groups is 2. The predicted octanol–water partition coefficient (Wildman–Crippen LogP) is 7.71. The summed E-state index contributed by atoms with van der Waals surface area (Å²) in [7, 11) is 3.92. The molecule has 0 aliphatic heterocycles. The number of imidazole rings is 1. The van der Waals surface area contributed by atoms with E-state index >= 15 is 0 Å². The maximum atomic E-state index is 14.4. The molecule has 44 heavy (non-hydrogen) atoms. The number of amides is 1. The van der Waals surface area contributed by atoms with Crippen LogP contribution in [0.4, 0.5) is 28.9 Å². The second-order valence-corrected chi connectivity index (χ2v) is 12.4. The van der Waals surface area contributed by atoms with Gasteiger partial charge in [0.2, 0.25) is 5.91 Å². The van der Waals surface area contributed by atoms with Gasteiger partial charge < -0.3 is 19.3 Å². The quantitative estimate of drug-likeness (QED) is 0.161. The molecule has 1 saturated carbocycles. The number of hydrogen-bond acceptors (Lipinski definition) is 5. The number of aryl methyl sites for hydroxylation is 3. The van der Waals surface area contributed by atoms with Gasteiger partial charge in [-0.05, 0) is 98.1 Å². The highest BCUT2D eigenvalue weighted by Crippen LogP contribution is 2.44. The van der Waals surface area contributed by atoms with E-state index in [1.807, 2.05) is 73.2 Å². The highest BCUT2D eigenvalue weighted by molar-refractivity contribution is 8.00. The average molecular weight is 629 g/mol. The van der Waals surface area contributed by atoms with Gasteiger partial charge in [0.1, 0.15) is 11.6 Å². The number of nitrogens with zero attached hydrogens (tertiary/aromatic N) is 3. The molecule has 3 atom stereocenters. The molecule has 1 aromatic heterocycles. The van der Waals surface area contributed by atoms with Gasteiger partial charge in [-0.25, -0.2) is 9.37 Å². The van der Waals surface area contributed by atoms with Gasteiger partial charge in [0, 0.05) is 24.7 Å². The van der Waals surface area contributed by atoms with Gasteiger partial charge in [0.15, 0.2) is 0 Å². The van der Waals surface area contributed by atoms with Crippen molar-refractivity contribution in [2.24, 2.45) is 18.9 Å². The summed E-state index contributed by atoms with van der Waals surface area (Å²) in [6, 6.07) is 13.7. The molecular formula is C32H32F4N4O3S. The maximum absolute atomic E-state index is 14.4. The molecule has 4 aromatic rings. The van der Waals surface area contributed by atoms with Crippen molar-refractivity contribution in [3.05, 3.63) is 82.9 Å². The molecule has 3 aromatic carbocycles. The van der Waals surface area contributed by atoms with Crippen LogP contribution in [0.15, 0.2) is 59.5 Å². The Labute approximate surface area is 256 Å².